The van der Waals surface area contributed by atoms with Crippen LogP contribution in [0.25, 0.3) is 0 Å². The van der Waals surface area contributed by atoms with Gasteiger partial charge in [0.1, 0.15) is 0 Å². The van der Waals surface area contributed by atoms with Crippen molar-refractivity contribution in [3.05, 3.63) is 29.8 Å². The molecule has 0 radical (unpaired) electrons. The maximum Gasteiger partial charge on any atom is 0.0395 e. The molecule has 1 aromatic rings. The van der Waals surface area contributed by atoms with Crippen LogP contribution in [0, 0.1) is 18.8 Å². The van der Waals surface area contributed by atoms with Crippen molar-refractivity contribution in [2.45, 2.75) is 27.7 Å². The molecule has 0 aliphatic rings. The third-order valence-corrected chi connectivity index (χ3v) is 4.27. The topological polar surface area (TPSA) is 3.24 Å². The molecule has 0 aromatic heterocycles. The molecular formula is C15H24BrN. The fraction of sp³-hybridized carbons (Fsp3) is 0.600. The Labute approximate surface area is 114 Å². The summed E-state index contributed by atoms with van der Waals surface area (Å²) in [7, 11) is 0. The number of hydrogen-bond donors (Lipinski definition) is 0. The van der Waals surface area contributed by atoms with E-state index in [1.54, 1.807) is 0 Å². The number of halogens is 1. The van der Waals surface area contributed by atoms with E-state index in [-0.39, 0.29) is 0 Å². The third kappa shape index (κ3) is 4.02. The molecule has 0 amide bonds. The van der Waals surface area contributed by atoms with Crippen LogP contribution >= 0.6 is 15.9 Å². The average Bonchev–Trinajstić information content (AvgIpc) is 2.31. The SMILES string of the molecule is CCN(CC(CBr)C(C)C)c1ccccc1C. The molecule has 0 saturated heterocycles. The molecule has 1 nitrogen and oxygen atoms in total. The van der Waals surface area contributed by atoms with Crippen LogP contribution in [0.5, 0.6) is 0 Å². The molecule has 0 saturated carbocycles. The largest absolute Gasteiger partial charge is 0.371 e. The Hall–Kier alpha value is -0.500. The van der Waals surface area contributed by atoms with Crippen LogP contribution in [-0.4, -0.2) is 18.4 Å². The predicted molar refractivity (Wildman–Crippen MR) is 81.2 cm³/mol. The summed E-state index contributed by atoms with van der Waals surface area (Å²) < 4.78 is 0. The first-order valence-corrected chi connectivity index (χ1v) is 7.58. The number of nitrogens with zero attached hydrogens (tertiary/aromatic N) is 1. The van der Waals surface area contributed by atoms with E-state index in [0.29, 0.717) is 11.8 Å². The van der Waals surface area contributed by atoms with Crippen LogP contribution in [0.2, 0.25) is 0 Å². The molecule has 1 rings (SSSR count). The molecule has 0 aliphatic carbocycles. The van der Waals surface area contributed by atoms with Crippen molar-refractivity contribution in [3.63, 3.8) is 0 Å². The number of alkyl halides is 1. The Kier molecular flexibility index (Phi) is 6.04. The predicted octanol–water partition coefficient (Wildman–Crippen LogP) is 4.49. The second-order valence-corrected chi connectivity index (χ2v) is 5.63. The van der Waals surface area contributed by atoms with Crippen molar-refractivity contribution >= 4 is 21.6 Å². The van der Waals surface area contributed by atoms with E-state index in [9.17, 15) is 0 Å². The highest BCUT2D eigenvalue weighted by molar-refractivity contribution is 9.09. The molecule has 96 valence electrons. The number of anilines is 1. The molecule has 1 aromatic carbocycles. The lowest BCUT2D eigenvalue weighted by Crippen LogP contribution is -2.32. The fourth-order valence-electron chi connectivity index (χ4n) is 2.04. The Morgan fingerprint density at radius 3 is 2.35 bits per heavy atom. The minimum atomic E-state index is 0.703. The van der Waals surface area contributed by atoms with Crippen molar-refractivity contribution in [3.8, 4) is 0 Å². The summed E-state index contributed by atoms with van der Waals surface area (Å²) >= 11 is 3.64. The molecule has 0 fully saturated rings. The summed E-state index contributed by atoms with van der Waals surface area (Å²) in [5.74, 6) is 1.42. The number of para-hydroxylation sites is 1. The van der Waals surface area contributed by atoms with E-state index in [1.807, 2.05) is 0 Å². The van der Waals surface area contributed by atoms with Gasteiger partial charge in [-0.2, -0.15) is 0 Å². The Balaban J connectivity index is 2.82. The second kappa shape index (κ2) is 7.05. The zero-order valence-electron chi connectivity index (χ0n) is 11.4. The zero-order chi connectivity index (χ0) is 12.8. The maximum atomic E-state index is 3.64. The summed E-state index contributed by atoms with van der Waals surface area (Å²) in [6.45, 7) is 11.2. The highest BCUT2D eigenvalue weighted by Crippen LogP contribution is 2.23. The minimum absolute atomic E-state index is 0.703. The van der Waals surface area contributed by atoms with Crippen molar-refractivity contribution in [2.75, 3.05) is 23.3 Å². The van der Waals surface area contributed by atoms with Gasteiger partial charge in [0, 0.05) is 24.1 Å². The molecule has 1 unspecified atom stereocenters. The van der Waals surface area contributed by atoms with E-state index >= 15 is 0 Å². The second-order valence-electron chi connectivity index (χ2n) is 4.98. The lowest BCUT2D eigenvalue weighted by atomic mass is 9.97. The molecule has 1 atom stereocenters. The standard InChI is InChI=1S/C15H24BrN/c1-5-17(11-14(10-16)12(2)3)15-9-7-6-8-13(15)4/h6-9,12,14H,5,10-11H2,1-4H3. The molecule has 17 heavy (non-hydrogen) atoms. The van der Waals surface area contributed by atoms with Crippen LogP contribution in [0.3, 0.4) is 0 Å². The van der Waals surface area contributed by atoms with E-state index in [2.05, 4.69) is 72.8 Å². The number of rotatable bonds is 6. The van der Waals surface area contributed by atoms with Gasteiger partial charge in [-0.25, -0.2) is 0 Å². The highest BCUT2D eigenvalue weighted by Gasteiger charge is 2.16. The Morgan fingerprint density at radius 1 is 1.24 bits per heavy atom. The summed E-state index contributed by atoms with van der Waals surface area (Å²) in [5.41, 5.74) is 2.74. The Bertz CT molecular complexity index is 335. The normalized spacial score (nSPS) is 12.8. The molecule has 0 heterocycles. The van der Waals surface area contributed by atoms with Gasteiger partial charge < -0.3 is 4.90 Å². The summed E-state index contributed by atoms with van der Waals surface area (Å²) in [6.07, 6.45) is 0. The van der Waals surface area contributed by atoms with Crippen LogP contribution in [-0.2, 0) is 0 Å². The van der Waals surface area contributed by atoms with E-state index in [0.717, 1.165) is 18.4 Å². The third-order valence-electron chi connectivity index (χ3n) is 3.43. The molecule has 0 N–H and O–H groups in total. The van der Waals surface area contributed by atoms with E-state index in [1.165, 1.54) is 11.3 Å². The number of benzene rings is 1. The van der Waals surface area contributed by atoms with Gasteiger partial charge in [-0.3, -0.25) is 0 Å². The van der Waals surface area contributed by atoms with Crippen LogP contribution in [0.1, 0.15) is 26.3 Å². The number of hydrogen-bond acceptors (Lipinski definition) is 1. The number of aryl methyl sites for hydroxylation is 1. The maximum absolute atomic E-state index is 3.64. The van der Waals surface area contributed by atoms with Crippen molar-refractivity contribution in [2.24, 2.45) is 11.8 Å². The monoisotopic (exact) mass is 297 g/mol. The van der Waals surface area contributed by atoms with Gasteiger partial charge in [0.15, 0.2) is 0 Å². The van der Waals surface area contributed by atoms with Gasteiger partial charge >= 0.3 is 0 Å². The molecule has 0 aliphatic heterocycles. The molecular weight excluding hydrogens is 274 g/mol. The Morgan fingerprint density at radius 2 is 1.88 bits per heavy atom. The molecule has 0 spiro atoms. The summed E-state index contributed by atoms with van der Waals surface area (Å²) in [5, 5.41) is 1.08. The van der Waals surface area contributed by atoms with E-state index < -0.39 is 0 Å². The summed E-state index contributed by atoms with van der Waals surface area (Å²) in [6, 6.07) is 8.65. The zero-order valence-corrected chi connectivity index (χ0v) is 13.0. The van der Waals surface area contributed by atoms with Crippen molar-refractivity contribution < 1.29 is 0 Å². The van der Waals surface area contributed by atoms with Crippen molar-refractivity contribution in [1.82, 2.24) is 0 Å². The highest BCUT2D eigenvalue weighted by atomic mass is 79.9. The first-order chi connectivity index (χ1) is 8.10. The van der Waals surface area contributed by atoms with Crippen LogP contribution in [0.15, 0.2) is 24.3 Å². The average molecular weight is 298 g/mol. The lowest BCUT2D eigenvalue weighted by Gasteiger charge is -2.30. The molecule has 2 heteroatoms. The van der Waals surface area contributed by atoms with Gasteiger partial charge in [-0.1, -0.05) is 48.0 Å². The first kappa shape index (κ1) is 14.6. The lowest BCUT2D eigenvalue weighted by molar-refractivity contribution is 0.427. The van der Waals surface area contributed by atoms with Gasteiger partial charge in [-0.05, 0) is 37.3 Å². The van der Waals surface area contributed by atoms with Crippen LogP contribution in [0.4, 0.5) is 5.69 Å². The van der Waals surface area contributed by atoms with E-state index in [4.69, 9.17) is 0 Å². The van der Waals surface area contributed by atoms with Gasteiger partial charge in [0.05, 0.1) is 0 Å². The van der Waals surface area contributed by atoms with Gasteiger partial charge in [-0.15, -0.1) is 0 Å². The van der Waals surface area contributed by atoms with Gasteiger partial charge in [0.2, 0.25) is 0 Å². The summed E-state index contributed by atoms with van der Waals surface area (Å²) in [4.78, 5) is 2.49. The van der Waals surface area contributed by atoms with Crippen molar-refractivity contribution in [1.29, 1.82) is 0 Å². The smallest absolute Gasteiger partial charge is 0.0395 e. The van der Waals surface area contributed by atoms with Gasteiger partial charge in [0.25, 0.3) is 0 Å². The fourth-order valence-corrected chi connectivity index (χ4v) is 2.99. The molecule has 0 bridgehead atoms. The first-order valence-electron chi connectivity index (χ1n) is 6.46. The van der Waals surface area contributed by atoms with Crippen LogP contribution < -0.4 is 4.90 Å². The quantitative estimate of drug-likeness (QED) is 0.699. The minimum Gasteiger partial charge on any atom is -0.371 e.